The molecule has 0 saturated heterocycles. The van der Waals surface area contributed by atoms with Gasteiger partial charge in [-0.05, 0) is 28.7 Å². The van der Waals surface area contributed by atoms with Crippen molar-refractivity contribution in [3.8, 4) is 11.1 Å². The first-order valence-electron chi connectivity index (χ1n) is 9.04. The van der Waals surface area contributed by atoms with Gasteiger partial charge in [0.25, 0.3) is 0 Å². The van der Waals surface area contributed by atoms with Gasteiger partial charge in [0.15, 0.2) is 0 Å². The molecular formula is C21H23NO5. The summed E-state index contributed by atoms with van der Waals surface area (Å²) in [6.07, 6.45) is -0.328. The summed E-state index contributed by atoms with van der Waals surface area (Å²) in [6, 6.07) is 16.1. The number of nitrogens with zero attached hydrogens (tertiary/aromatic N) is 1. The lowest BCUT2D eigenvalue weighted by Gasteiger charge is -2.22. The van der Waals surface area contributed by atoms with E-state index in [2.05, 4.69) is 12.1 Å². The van der Waals surface area contributed by atoms with Gasteiger partial charge in [-0.3, -0.25) is 4.79 Å². The Morgan fingerprint density at radius 2 is 1.56 bits per heavy atom. The van der Waals surface area contributed by atoms with Crippen LogP contribution in [-0.4, -0.2) is 53.5 Å². The van der Waals surface area contributed by atoms with E-state index in [1.54, 1.807) is 0 Å². The van der Waals surface area contributed by atoms with Crippen LogP contribution in [0.25, 0.3) is 11.1 Å². The number of carboxylic acids is 1. The summed E-state index contributed by atoms with van der Waals surface area (Å²) in [4.78, 5) is 24.6. The summed E-state index contributed by atoms with van der Waals surface area (Å²) >= 11 is 0. The molecule has 27 heavy (non-hydrogen) atoms. The molecule has 2 aromatic rings. The van der Waals surface area contributed by atoms with Gasteiger partial charge >= 0.3 is 12.1 Å². The molecule has 1 aliphatic carbocycles. The summed E-state index contributed by atoms with van der Waals surface area (Å²) in [7, 11) is 0. The van der Waals surface area contributed by atoms with Crippen molar-refractivity contribution < 1.29 is 24.5 Å². The Hall–Kier alpha value is -2.86. The molecule has 0 bridgehead atoms. The van der Waals surface area contributed by atoms with E-state index in [1.165, 1.54) is 4.90 Å². The Bertz CT molecular complexity index is 774. The van der Waals surface area contributed by atoms with Crippen LogP contribution in [-0.2, 0) is 9.53 Å². The van der Waals surface area contributed by atoms with Crippen molar-refractivity contribution in [1.29, 1.82) is 0 Å². The van der Waals surface area contributed by atoms with E-state index in [9.17, 15) is 9.59 Å². The Kier molecular flexibility index (Phi) is 6.08. The first-order chi connectivity index (χ1) is 13.1. The van der Waals surface area contributed by atoms with Crippen LogP contribution < -0.4 is 0 Å². The smallest absolute Gasteiger partial charge is 0.409 e. The van der Waals surface area contributed by atoms with Crippen LogP contribution in [0.5, 0.6) is 0 Å². The Morgan fingerprint density at radius 3 is 2.11 bits per heavy atom. The number of hydrogen-bond donors (Lipinski definition) is 2. The summed E-state index contributed by atoms with van der Waals surface area (Å²) in [5.41, 5.74) is 4.55. The monoisotopic (exact) mass is 369 g/mol. The Labute approximate surface area is 158 Å². The maximum atomic E-state index is 12.5. The van der Waals surface area contributed by atoms with Gasteiger partial charge in [-0.1, -0.05) is 48.5 Å². The number of ether oxygens (including phenoxy) is 1. The number of carbonyl (C=O) groups excluding carboxylic acids is 1. The molecule has 1 aliphatic rings. The lowest BCUT2D eigenvalue weighted by molar-refractivity contribution is -0.137. The van der Waals surface area contributed by atoms with Gasteiger partial charge < -0.3 is 19.8 Å². The van der Waals surface area contributed by atoms with Crippen LogP contribution in [0.15, 0.2) is 48.5 Å². The lowest BCUT2D eigenvalue weighted by Crippen LogP contribution is -2.35. The van der Waals surface area contributed by atoms with Crippen LogP contribution in [0.3, 0.4) is 0 Å². The van der Waals surface area contributed by atoms with Crippen LogP contribution in [0.2, 0.25) is 0 Å². The Balaban J connectivity index is 1.71. The molecule has 6 nitrogen and oxygen atoms in total. The number of aliphatic carboxylic acids is 1. The summed E-state index contributed by atoms with van der Waals surface area (Å²) < 4.78 is 5.54. The molecule has 0 heterocycles. The molecule has 3 rings (SSSR count). The van der Waals surface area contributed by atoms with Crippen molar-refractivity contribution in [2.45, 2.75) is 18.8 Å². The van der Waals surface area contributed by atoms with Crippen molar-refractivity contribution in [3.05, 3.63) is 59.7 Å². The number of carboxylic acid groups (broad SMARTS) is 1. The van der Waals surface area contributed by atoms with E-state index in [4.69, 9.17) is 14.9 Å². The SMILES string of the molecule is O=C(O)CCN(CCCO)C(=O)OCC1c2ccccc2-c2ccccc21. The van der Waals surface area contributed by atoms with Gasteiger partial charge in [-0.2, -0.15) is 0 Å². The summed E-state index contributed by atoms with van der Waals surface area (Å²) in [5.74, 6) is -1.02. The number of carbonyl (C=O) groups is 2. The zero-order valence-corrected chi connectivity index (χ0v) is 15.0. The van der Waals surface area contributed by atoms with E-state index in [-0.39, 0.29) is 38.6 Å². The average molecular weight is 369 g/mol. The molecule has 0 aliphatic heterocycles. The minimum absolute atomic E-state index is 0.0412. The van der Waals surface area contributed by atoms with E-state index in [1.807, 2.05) is 36.4 Å². The normalized spacial score (nSPS) is 12.3. The van der Waals surface area contributed by atoms with Crippen LogP contribution in [0.1, 0.15) is 29.9 Å². The number of aliphatic hydroxyl groups is 1. The topological polar surface area (TPSA) is 87.1 Å². The van der Waals surface area contributed by atoms with Crippen molar-refractivity contribution in [2.75, 3.05) is 26.3 Å². The number of hydrogen-bond acceptors (Lipinski definition) is 4. The van der Waals surface area contributed by atoms with Crippen LogP contribution in [0.4, 0.5) is 4.79 Å². The number of fused-ring (bicyclic) bond motifs is 3. The number of rotatable bonds is 8. The maximum Gasteiger partial charge on any atom is 0.409 e. The average Bonchev–Trinajstić information content (AvgIpc) is 3.00. The van der Waals surface area contributed by atoms with Crippen molar-refractivity contribution in [2.24, 2.45) is 0 Å². The third-order valence-corrected chi connectivity index (χ3v) is 4.78. The fourth-order valence-electron chi connectivity index (χ4n) is 3.47. The largest absolute Gasteiger partial charge is 0.481 e. The van der Waals surface area contributed by atoms with Crippen LogP contribution >= 0.6 is 0 Å². The van der Waals surface area contributed by atoms with Gasteiger partial charge in [0, 0.05) is 25.6 Å². The van der Waals surface area contributed by atoms with Crippen molar-refractivity contribution in [1.82, 2.24) is 4.90 Å². The maximum absolute atomic E-state index is 12.5. The lowest BCUT2D eigenvalue weighted by atomic mass is 9.98. The third-order valence-electron chi connectivity index (χ3n) is 4.78. The molecule has 142 valence electrons. The Morgan fingerprint density at radius 1 is 0.963 bits per heavy atom. The van der Waals surface area contributed by atoms with Crippen molar-refractivity contribution >= 4 is 12.1 Å². The highest BCUT2D eigenvalue weighted by molar-refractivity contribution is 5.79. The minimum atomic E-state index is -0.976. The highest BCUT2D eigenvalue weighted by atomic mass is 16.6. The standard InChI is InChI=1S/C21H23NO5/c23-13-5-11-22(12-10-20(24)25)21(26)27-14-19-17-8-3-1-6-15(17)16-7-2-4-9-18(16)19/h1-4,6-9,19,23H,5,10-14H2,(H,24,25). The highest BCUT2D eigenvalue weighted by Crippen LogP contribution is 2.44. The number of aliphatic hydroxyl groups excluding tert-OH is 1. The van der Waals surface area contributed by atoms with E-state index < -0.39 is 12.1 Å². The molecule has 0 radical (unpaired) electrons. The summed E-state index contributed by atoms with van der Waals surface area (Å²) in [5, 5.41) is 17.9. The first-order valence-corrected chi connectivity index (χ1v) is 9.04. The van der Waals surface area contributed by atoms with Crippen molar-refractivity contribution in [3.63, 3.8) is 0 Å². The first kappa shape index (κ1) is 18.9. The second-order valence-corrected chi connectivity index (χ2v) is 6.51. The zero-order valence-electron chi connectivity index (χ0n) is 15.0. The molecule has 2 N–H and O–H groups in total. The molecule has 0 unspecified atom stereocenters. The third kappa shape index (κ3) is 4.28. The molecule has 0 saturated carbocycles. The second kappa shape index (κ2) is 8.68. The summed E-state index contributed by atoms with van der Waals surface area (Å²) in [6.45, 7) is 0.447. The molecule has 2 aromatic carbocycles. The molecule has 0 fully saturated rings. The fraction of sp³-hybridized carbons (Fsp3) is 0.333. The zero-order chi connectivity index (χ0) is 19.2. The second-order valence-electron chi connectivity index (χ2n) is 6.51. The molecule has 6 heteroatoms. The molecule has 1 amide bonds. The van der Waals surface area contributed by atoms with E-state index >= 15 is 0 Å². The van der Waals surface area contributed by atoms with Gasteiger partial charge in [0.1, 0.15) is 6.61 Å². The molecule has 0 spiro atoms. The quantitative estimate of drug-likeness (QED) is 0.747. The van der Waals surface area contributed by atoms with E-state index in [0.717, 1.165) is 22.3 Å². The van der Waals surface area contributed by atoms with Gasteiger partial charge in [-0.25, -0.2) is 4.79 Å². The number of amides is 1. The molecular weight excluding hydrogens is 346 g/mol. The van der Waals surface area contributed by atoms with Gasteiger partial charge in [0.2, 0.25) is 0 Å². The molecule has 0 atom stereocenters. The van der Waals surface area contributed by atoms with Gasteiger partial charge in [0.05, 0.1) is 6.42 Å². The van der Waals surface area contributed by atoms with Crippen LogP contribution in [0, 0.1) is 0 Å². The van der Waals surface area contributed by atoms with E-state index in [0.29, 0.717) is 6.42 Å². The molecule has 0 aromatic heterocycles. The van der Waals surface area contributed by atoms with Gasteiger partial charge in [-0.15, -0.1) is 0 Å². The highest BCUT2D eigenvalue weighted by Gasteiger charge is 2.29. The minimum Gasteiger partial charge on any atom is -0.481 e. The fourth-order valence-corrected chi connectivity index (χ4v) is 3.47. The predicted molar refractivity (Wildman–Crippen MR) is 101 cm³/mol. The predicted octanol–water partition coefficient (Wildman–Crippen LogP) is 3.09. The number of benzene rings is 2.